The largest absolute Gasteiger partial charge is 0.355 e. The van der Waals surface area contributed by atoms with Crippen LogP contribution in [0, 0.1) is 5.92 Å². The normalized spacial score (nSPS) is 23.2. The van der Waals surface area contributed by atoms with E-state index in [0.29, 0.717) is 30.5 Å². The van der Waals surface area contributed by atoms with Gasteiger partial charge in [0.1, 0.15) is 0 Å². The number of halogens is 1. The van der Waals surface area contributed by atoms with Crippen LogP contribution in [0.5, 0.6) is 0 Å². The molecule has 6 nitrogen and oxygen atoms in total. The van der Waals surface area contributed by atoms with Crippen molar-refractivity contribution < 1.29 is 8.42 Å². The Kier molecular flexibility index (Phi) is 9.53. The van der Waals surface area contributed by atoms with Crippen molar-refractivity contribution in [2.75, 3.05) is 32.4 Å². The first kappa shape index (κ1) is 23.9. The van der Waals surface area contributed by atoms with Crippen molar-refractivity contribution in [3.63, 3.8) is 0 Å². The number of aliphatic imine (C=N–C) groups is 1. The fourth-order valence-electron chi connectivity index (χ4n) is 2.59. The van der Waals surface area contributed by atoms with Crippen molar-refractivity contribution in [3.05, 3.63) is 0 Å². The molecule has 8 heteroatoms. The zero-order valence-electron chi connectivity index (χ0n) is 16.1. The molecule has 0 amide bonds. The average molecular weight is 474 g/mol. The first-order valence-corrected chi connectivity index (χ1v) is 10.1. The summed E-state index contributed by atoms with van der Waals surface area (Å²) in [4.78, 5) is 6.66. The Morgan fingerprint density at radius 3 is 2.29 bits per heavy atom. The van der Waals surface area contributed by atoms with Crippen LogP contribution in [-0.4, -0.2) is 68.5 Å². The molecule has 1 fully saturated rings. The van der Waals surface area contributed by atoms with E-state index in [9.17, 15) is 8.42 Å². The number of nitrogens with zero attached hydrogens (tertiary/aromatic N) is 2. The van der Waals surface area contributed by atoms with Gasteiger partial charge in [0.05, 0.1) is 10.5 Å². The Balaban J connectivity index is 0.00000529. The predicted octanol–water partition coefficient (Wildman–Crippen LogP) is 1.71. The highest BCUT2D eigenvalue weighted by Crippen LogP contribution is 2.18. The summed E-state index contributed by atoms with van der Waals surface area (Å²) >= 11 is 0. The summed E-state index contributed by atoms with van der Waals surface area (Å²) < 4.78 is 23.5. The van der Waals surface area contributed by atoms with Crippen LogP contribution in [0.4, 0.5) is 0 Å². The quantitative estimate of drug-likeness (QED) is 0.361. The molecule has 1 aliphatic rings. The number of hydrogen-bond acceptors (Lipinski definition) is 4. The minimum absolute atomic E-state index is 0. The predicted molar refractivity (Wildman–Crippen MR) is 113 cm³/mol. The summed E-state index contributed by atoms with van der Waals surface area (Å²) in [5.74, 6) is 1.32. The van der Waals surface area contributed by atoms with Crippen LogP contribution < -0.4 is 10.6 Å². The molecule has 1 aliphatic heterocycles. The highest BCUT2D eigenvalue weighted by molar-refractivity contribution is 14.0. The number of likely N-dealkylation sites (tertiary alicyclic amines) is 1. The summed E-state index contributed by atoms with van der Waals surface area (Å²) in [7, 11) is -1.40. The van der Waals surface area contributed by atoms with Crippen molar-refractivity contribution in [3.8, 4) is 0 Å². The minimum Gasteiger partial charge on any atom is -0.355 e. The summed E-state index contributed by atoms with van der Waals surface area (Å²) in [6.07, 6.45) is 0. The first-order chi connectivity index (χ1) is 10.5. The van der Waals surface area contributed by atoms with Crippen molar-refractivity contribution in [2.24, 2.45) is 10.9 Å². The fraction of sp³-hybridized carbons (Fsp3) is 0.938. The Morgan fingerprint density at radius 2 is 1.88 bits per heavy atom. The number of guanidine groups is 1. The number of hydrogen-bond donors (Lipinski definition) is 2. The van der Waals surface area contributed by atoms with Gasteiger partial charge in [-0.05, 0) is 40.5 Å². The summed E-state index contributed by atoms with van der Waals surface area (Å²) in [5.41, 5.74) is 0. The highest BCUT2D eigenvalue weighted by Gasteiger charge is 2.32. The molecule has 0 aromatic heterocycles. The molecule has 144 valence electrons. The lowest BCUT2D eigenvalue weighted by Crippen LogP contribution is -2.48. The van der Waals surface area contributed by atoms with Crippen LogP contribution in [0.2, 0.25) is 0 Å². The fourth-order valence-corrected chi connectivity index (χ4v) is 3.58. The Labute approximate surface area is 165 Å². The van der Waals surface area contributed by atoms with Crippen molar-refractivity contribution in [2.45, 2.75) is 58.4 Å². The van der Waals surface area contributed by atoms with Gasteiger partial charge in [-0.2, -0.15) is 0 Å². The monoisotopic (exact) mass is 474 g/mol. The van der Waals surface area contributed by atoms with Crippen molar-refractivity contribution in [1.82, 2.24) is 15.5 Å². The molecule has 0 bridgehead atoms. The van der Waals surface area contributed by atoms with Crippen LogP contribution >= 0.6 is 24.0 Å². The van der Waals surface area contributed by atoms with Gasteiger partial charge in [-0.25, -0.2) is 8.42 Å². The lowest BCUT2D eigenvalue weighted by Gasteiger charge is -2.23. The molecule has 2 atom stereocenters. The molecule has 1 saturated heterocycles. The van der Waals surface area contributed by atoms with Gasteiger partial charge in [0.15, 0.2) is 15.8 Å². The average Bonchev–Trinajstić information content (AvgIpc) is 2.77. The molecule has 2 unspecified atom stereocenters. The van der Waals surface area contributed by atoms with Crippen LogP contribution in [0.25, 0.3) is 0 Å². The second kappa shape index (κ2) is 9.56. The molecule has 0 aromatic rings. The molecule has 0 aliphatic carbocycles. The maximum Gasteiger partial charge on any atom is 0.191 e. The molecule has 0 radical (unpaired) electrons. The minimum atomic E-state index is -3.11. The molecular formula is C16H35IN4O2S. The molecule has 1 heterocycles. The SMILES string of the molecule is CN=C(NCCS(=O)(=O)C(C)(C)C)NC1CN(C(C)C)CC1C.I. The van der Waals surface area contributed by atoms with Crippen LogP contribution in [-0.2, 0) is 9.84 Å². The number of sulfone groups is 1. The lowest BCUT2D eigenvalue weighted by molar-refractivity contribution is 0.265. The molecule has 1 rings (SSSR count). The van der Waals surface area contributed by atoms with Gasteiger partial charge in [0.25, 0.3) is 0 Å². The van der Waals surface area contributed by atoms with Crippen molar-refractivity contribution in [1.29, 1.82) is 0 Å². The summed E-state index contributed by atoms with van der Waals surface area (Å²) in [6, 6.07) is 0.874. The van der Waals surface area contributed by atoms with Gasteiger partial charge in [0, 0.05) is 38.8 Å². The second-order valence-corrected chi connectivity index (χ2v) is 10.6. The first-order valence-electron chi connectivity index (χ1n) is 8.41. The van der Waals surface area contributed by atoms with Crippen LogP contribution in [0.15, 0.2) is 4.99 Å². The molecule has 2 N–H and O–H groups in total. The van der Waals surface area contributed by atoms with E-state index in [1.807, 2.05) is 0 Å². The van der Waals surface area contributed by atoms with E-state index in [0.717, 1.165) is 13.1 Å². The van der Waals surface area contributed by atoms with E-state index in [-0.39, 0.29) is 29.7 Å². The van der Waals surface area contributed by atoms with Crippen molar-refractivity contribution >= 4 is 39.8 Å². The van der Waals surface area contributed by atoms with Gasteiger partial charge in [-0.15, -0.1) is 24.0 Å². The van der Waals surface area contributed by atoms with Gasteiger partial charge in [0.2, 0.25) is 0 Å². The van der Waals surface area contributed by atoms with Gasteiger partial charge in [-0.3, -0.25) is 9.89 Å². The third-order valence-corrected chi connectivity index (χ3v) is 7.12. The smallest absolute Gasteiger partial charge is 0.191 e. The molecule has 24 heavy (non-hydrogen) atoms. The molecule has 0 aromatic carbocycles. The van der Waals surface area contributed by atoms with E-state index in [2.05, 4.69) is 41.3 Å². The topological polar surface area (TPSA) is 73.8 Å². The van der Waals surface area contributed by atoms with E-state index in [1.54, 1.807) is 27.8 Å². The number of rotatable bonds is 5. The maximum atomic E-state index is 12.1. The van der Waals surface area contributed by atoms with E-state index in [4.69, 9.17) is 0 Å². The Morgan fingerprint density at radius 1 is 1.29 bits per heavy atom. The van der Waals surface area contributed by atoms with E-state index < -0.39 is 14.6 Å². The molecule has 0 saturated carbocycles. The number of nitrogens with one attached hydrogen (secondary N) is 2. The van der Waals surface area contributed by atoms with Gasteiger partial charge >= 0.3 is 0 Å². The summed E-state index contributed by atoms with van der Waals surface area (Å²) in [6.45, 7) is 14.3. The second-order valence-electron chi connectivity index (χ2n) is 7.71. The van der Waals surface area contributed by atoms with E-state index in [1.165, 1.54) is 0 Å². The van der Waals surface area contributed by atoms with Crippen LogP contribution in [0.1, 0.15) is 41.5 Å². The lowest BCUT2D eigenvalue weighted by atomic mass is 10.1. The zero-order valence-corrected chi connectivity index (χ0v) is 19.2. The van der Waals surface area contributed by atoms with E-state index >= 15 is 0 Å². The third kappa shape index (κ3) is 6.67. The molecule has 0 spiro atoms. The third-order valence-electron chi connectivity index (χ3n) is 4.51. The Bertz CT molecular complexity index is 515. The Hall–Kier alpha value is -0.0900. The highest BCUT2D eigenvalue weighted by atomic mass is 127. The standard InChI is InChI=1S/C16H34N4O2S.HI/c1-12(2)20-10-13(3)14(11-20)19-15(17-7)18-8-9-23(21,22)16(4,5)6;/h12-14H,8-11H2,1-7H3,(H2,17,18,19);1H. The maximum absolute atomic E-state index is 12.1. The van der Waals surface area contributed by atoms with Gasteiger partial charge < -0.3 is 10.6 Å². The molecular weight excluding hydrogens is 439 g/mol. The van der Waals surface area contributed by atoms with Crippen LogP contribution in [0.3, 0.4) is 0 Å². The van der Waals surface area contributed by atoms with Gasteiger partial charge in [-0.1, -0.05) is 6.92 Å². The zero-order chi connectivity index (χ0) is 17.8. The summed E-state index contributed by atoms with van der Waals surface area (Å²) in [5, 5.41) is 6.56.